The van der Waals surface area contributed by atoms with Gasteiger partial charge in [-0.15, -0.1) is 0 Å². The average Bonchev–Trinajstić information content (AvgIpc) is 2.96. The second-order valence-electron chi connectivity index (χ2n) is 6.86. The molecule has 0 radical (unpaired) electrons. The molecule has 0 spiro atoms. The van der Waals surface area contributed by atoms with Crippen LogP contribution in [0.3, 0.4) is 0 Å². The first-order valence-corrected chi connectivity index (χ1v) is 11.0. The van der Waals surface area contributed by atoms with Gasteiger partial charge in [0.25, 0.3) is 0 Å². The number of hydrogen-bond acceptors (Lipinski definition) is 6. The van der Waals surface area contributed by atoms with Crippen molar-refractivity contribution in [2.75, 3.05) is 36.3 Å². The van der Waals surface area contributed by atoms with Gasteiger partial charge in [0, 0.05) is 19.8 Å². The van der Waals surface area contributed by atoms with Gasteiger partial charge >= 0.3 is 0 Å². The van der Waals surface area contributed by atoms with Gasteiger partial charge in [0.1, 0.15) is 0 Å². The molecule has 0 saturated carbocycles. The third kappa shape index (κ3) is 3.69. The van der Waals surface area contributed by atoms with Crippen LogP contribution in [0.2, 0.25) is 0 Å². The van der Waals surface area contributed by atoms with Crippen LogP contribution in [0.1, 0.15) is 11.1 Å². The van der Waals surface area contributed by atoms with Crippen molar-refractivity contribution in [2.24, 2.45) is 4.99 Å². The summed E-state index contributed by atoms with van der Waals surface area (Å²) in [6.45, 7) is 4.05. The SMILES string of the molecule is Cc1ccc(N2C(SCC(=O)N(C)C)=N[C@@H]3CS(=O)(=O)C[C@@H]32)c(C)c1. The molecule has 3 rings (SSSR count). The molecule has 0 unspecified atom stereocenters. The van der Waals surface area contributed by atoms with Crippen LogP contribution in [0.25, 0.3) is 0 Å². The first-order valence-electron chi connectivity index (χ1n) is 8.15. The lowest BCUT2D eigenvalue weighted by Crippen LogP contribution is -2.40. The maximum absolute atomic E-state index is 12.1. The normalized spacial score (nSPS) is 24.2. The minimum Gasteiger partial charge on any atom is -0.348 e. The van der Waals surface area contributed by atoms with E-state index in [-0.39, 0.29) is 29.5 Å². The summed E-state index contributed by atoms with van der Waals surface area (Å²) in [7, 11) is 0.381. The fourth-order valence-electron chi connectivity index (χ4n) is 3.25. The van der Waals surface area contributed by atoms with Crippen molar-refractivity contribution in [3.8, 4) is 0 Å². The Morgan fingerprint density at radius 3 is 2.68 bits per heavy atom. The van der Waals surface area contributed by atoms with Crippen LogP contribution >= 0.6 is 11.8 Å². The number of nitrogens with zero attached hydrogens (tertiary/aromatic N) is 3. The number of thioether (sulfide) groups is 1. The second-order valence-corrected chi connectivity index (χ2v) is 9.96. The number of fused-ring (bicyclic) bond motifs is 1. The Bertz CT molecular complexity index is 834. The van der Waals surface area contributed by atoms with Crippen molar-refractivity contribution in [3.05, 3.63) is 29.3 Å². The van der Waals surface area contributed by atoms with E-state index in [2.05, 4.69) is 11.1 Å². The van der Waals surface area contributed by atoms with Crippen molar-refractivity contribution in [2.45, 2.75) is 25.9 Å². The van der Waals surface area contributed by atoms with Crippen molar-refractivity contribution >= 4 is 38.4 Å². The van der Waals surface area contributed by atoms with Gasteiger partial charge in [0.05, 0.1) is 29.3 Å². The number of sulfone groups is 1. The lowest BCUT2D eigenvalue weighted by Gasteiger charge is -2.28. The standard InChI is InChI=1S/C17H23N3O3S2/c1-11-5-6-14(12(2)7-11)20-15-10-25(22,23)9-13(15)18-17(20)24-8-16(21)19(3)4/h5-7,13,15H,8-10H2,1-4H3/t13-,15+/m1/s1. The molecular formula is C17H23N3O3S2. The topological polar surface area (TPSA) is 70.1 Å². The summed E-state index contributed by atoms with van der Waals surface area (Å²) in [6, 6.07) is 5.69. The van der Waals surface area contributed by atoms with E-state index in [1.165, 1.54) is 11.8 Å². The van der Waals surface area contributed by atoms with Gasteiger partial charge in [-0.05, 0) is 25.5 Å². The number of carbonyl (C=O) groups excluding carboxylic acids is 1. The number of amides is 1. The van der Waals surface area contributed by atoms with Crippen LogP contribution in [-0.4, -0.2) is 67.8 Å². The van der Waals surface area contributed by atoms with E-state index in [1.54, 1.807) is 19.0 Å². The molecule has 1 fully saturated rings. The minimum absolute atomic E-state index is 0.0120. The fraction of sp³-hybridized carbons (Fsp3) is 0.529. The molecule has 2 aliphatic heterocycles. The molecule has 2 atom stereocenters. The third-order valence-corrected chi connectivity index (χ3v) is 7.19. The number of rotatable bonds is 3. The third-order valence-electron chi connectivity index (χ3n) is 4.54. The van der Waals surface area contributed by atoms with E-state index in [0.29, 0.717) is 5.75 Å². The Labute approximate surface area is 153 Å². The zero-order valence-electron chi connectivity index (χ0n) is 14.9. The number of aliphatic imine (C=N–C) groups is 1. The van der Waals surface area contributed by atoms with E-state index < -0.39 is 9.84 Å². The van der Waals surface area contributed by atoms with Gasteiger partial charge in [0.15, 0.2) is 15.0 Å². The summed E-state index contributed by atoms with van der Waals surface area (Å²) < 4.78 is 24.1. The summed E-state index contributed by atoms with van der Waals surface area (Å²) in [4.78, 5) is 20.2. The fourth-order valence-corrected chi connectivity index (χ4v) is 6.18. The molecule has 2 heterocycles. The van der Waals surface area contributed by atoms with Crippen LogP contribution in [0.5, 0.6) is 0 Å². The summed E-state index contributed by atoms with van der Waals surface area (Å²) in [6.07, 6.45) is 0. The van der Waals surface area contributed by atoms with E-state index in [4.69, 9.17) is 0 Å². The highest BCUT2D eigenvalue weighted by Gasteiger charge is 2.47. The predicted molar refractivity (Wildman–Crippen MR) is 103 cm³/mol. The summed E-state index contributed by atoms with van der Waals surface area (Å²) >= 11 is 1.38. The Morgan fingerprint density at radius 2 is 2.04 bits per heavy atom. The zero-order valence-corrected chi connectivity index (χ0v) is 16.5. The maximum atomic E-state index is 12.1. The highest BCUT2D eigenvalue weighted by Crippen LogP contribution is 2.36. The van der Waals surface area contributed by atoms with Crippen LogP contribution in [0, 0.1) is 13.8 Å². The molecule has 0 bridgehead atoms. The Hall–Kier alpha value is -1.54. The summed E-state index contributed by atoms with van der Waals surface area (Å²) in [5, 5.41) is 0.743. The maximum Gasteiger partial charge on any atom is 0.232 e. The molecule has 8 heteroatoms. The number of anilines is 1. The molecular weight excluding hydrogens is 358 g/mol. The molecule has 0 aromatic heterocycles. The van der Waals surface area contributed by atoms with E-state index in [1.807, 2.05) is 30.9 Å². The van der Waals surface area contributed by atoms with E-state index in [0.717, 1.165) is 22.0 Å². The van der Waals surface area contributed by atoms with Gasteiger partial charge in [-0.25, -0.2) is 8.42 Å². The molecule has 136 valence electrons. The molecule has 1 aromatic rings. The van der Waals surface area contributed by atoms with Gasteiger partial charge < -0.3 is 9.80 Å². The van der Waals surface area contributed by atoms with Crippen molar-refractivity contribution in [3.63, 3.8) is 0 Å². The number of benzene rings is 1. The molecule has 6 nitrogen and oxygen atoms in total. The van der Waals surface area contributed by atoms with Crippen molar-refractivity contribution in [1.82, 2.24) is 4.90 Å². The highest BCUT2D eigenvalue weighted by atomic mass is 32.2. The van der Waals surface area contributed by atoms with Gasteiger partial charge in [0.2, 0.25) is 5.91 Å². The highest BCUT2D eigenvalue weighted by molar-refractivity contribution is 8.14. The lowest BCUT2D eigenvalue weighted by atomic mass is 10.1. The van der Waals surface area contributed by atoms with E-state index in [9.17, 15) is 13.2 Å². The molecule has 1 saturated heterocycles. The number of carbonyl (C=O) groups is 1. The van der Waals surface area contributed by atoms with Crippen LogP contribution in [0.15, 0.2) is 23.2 Å². The Morgan fingerprint density at radius 1 is 1.32 bits per heavy atom. The zero-order chi connectivity index (χ0) is 18.4. The molecule has 25 heavy (non-hydrogen) atoms. The number of aryl methyl sites for hydroxylation is 2. The number of hydrogen-bond donors (Lipinski definition) is 0. The van der Waals surface area contributed by atoms with Gasteiger partial charge in [-0.2, -0.15) is 0 Å². The molecule has 0 aliphatic carbocycles. The quantitative estimate of drug-likeness (QED) is 0.793. The second kappa shape index (κ2) is 6.64. The average molecular weight is 382 g/mol. The first kappa shape index (κ1) is 18.3. The van der Waals surface area contributed by atoms with Crippen molar-refractivity contribution in [1.29, 1.82) is 0 Å². The monoisotopic (exact) mass is 381 g/mol. The van der Waals surface area contributed by atoms with Crippen LogP contribution < -0.4 is 4.90 Å². The summed E-state index contributed by atoms with van der Waals surface area (Å²) in [5.41, 5.74) is 3.21. The smallest absolute Gasteiger partial charge is 0.232 e. The molecule has 1 aromatic carbocycles. The van der Waals surface area contributed by atoms with E-state index >= 15 is 0 Å². The van der Waals surface area contributed by atoms with Crippen molar-refractivity contribution < 1.29 is 13.2 Å². The molecule has 0 N–H and O–H groups in total. The Kier molecular flexibility index (Phi) is 4.85. The summed E-state index contributed by atoms with van der Waals surface area (Å²) in [5.74, 6) is 0.502. The largest absolute Gasteiger partial charge is 0.348 e. The lowest BCUT2D eigenvalue weighted by molar-refractivity contribution is -0.125. The van der Waals surface area contributed by atoms with Gasteiger partial charge in [-0.1, -0.05) is 29.5 Å². The molecule has 2 aliphatic rings. The first-order chi connectivity index (χ1) is 11.7. The van der Waals surface area contributed by atoms with Gasteiger partial charge in [-0.3, -0.25) is 9.79 Å². The predicted octanol–water partition coefficient (Wildman–Crippen LogP) is 1.47. The molecule has 1 amide bonds. The van der Waals surface area contributed by atoms with Crippen LogP contribution in [0.4, 0.5) is 5.69 Å². The van der Waals surface area contributed by atoms with Crippen LogP contribution in [-0.2, 0) is 14.6 Å². The Balaban J connectivity index is 1.93. The minimum atomic E-state index is -3.07. The number of amidine groups is 1.